The van der Waals surface area contributed by atoms with Crippen molar-refractivity contribution in [3.63, 3.8) is 0 Å². The van der Waals surface area contributed by atoms with E-state index in [9.17, 15) is 9.59 Å². The van der Waals surface area contributed by atoms with Gasteiger partial charge in [0.2, 0.25) is 0 Å². The predicted octanol–water partition coefficient (Wildman–Crippen LogP) is -1.23. The number of hydrogen-bond acceptors (Lipinski definition) is 4. The lowest BCUT2D eigenvalue weighted by Gasteiger charge is -2.10. The molecule has 2 atom stereocenters. The molecule has 0 aromatic heterocycles. The molecule has 3 N–H and O–H groups in total. The highest BCUT2D eigenvalue weighted by Crippen LogP contribution is 2.05. The van der Waals surface area contributed by atoms with E-state index in [1.807, 2.05) is 0 Å². The predicted molar refractivity (Wildman–Crippen MR) is 41.2 cm³/mol. The fourth-order valence-corrected chi connectivity index (χ4v) is 0.931. The van der Waals surface area contributed by atoms with Gasteiger partial charge in [-0.2, -0.15) is 0 Å². The van der Waals surface area contributed by atoms with Crippen molar-refractivity contribution in [3.8, 4) is 0 Å². The molecule has 0 saturated carbocycles. The topological polar surface area (TPSA) is 81.4 Å². The third-order valence-corrected chi connectivity index (χ3v) is 1.63. The van der Waals surface area contributed by atoms with Crippen molar-refractivity contribution in [1.82, 2.24) is 5.32 Å². The summed E-state index contributed by atoms with van der Waals surface area (Å²) in [5, 5.41) is 2.56. The van der Waals surface area contributed by atoms with Gasteiger partial charge in [-0.3, -0.25) is 9.59 Å². The van der Waals surface area contributed by atoms with Crippen molar-refractivity contribution in [1.29, 1.82) is 0 Å². The summed E-state index contributed by atoms with van der Waals surface area (Å²) in [6.45, 7) is 2.09. The van der Waals surface area contributed by atoms with Crippen molar-refractivity contribution in [2.75, 3.05) is 6.54 Å². The van der Waals surface area contributed by atoms with Gasteiger partial charge in [0.25, 0.3) is 5.91 Å². The molecule has 1 amide bonds. The van der Waals surface area contributed by atoms with Gasteiger partial charge in [0, 0.05) is 13.0 Å². The molecule has 1 aliphatic rings. The fraction of sp³-hybridized carbons (Fsp3) is 0.714. The molecular weight excluding hydrogens is 160 g/mol. The Hall–Kier alpha value is -1.10. The minimum Gasteiger partial charge on any atom is -0.451 e. The van der Waals surface area contributed by atoms with Crippen molar-refractivity contribution >= 4 is 11.9 Å². The Morgan fingerprint density at radius 1 is 1.83 bits per heavy atom. The molecule has 1 saturated heterocycles. The number of carbonyl (C=O) groups is 2. The molecule has 0 spiro atoms. The Labute approximate surface area is 70.2 Å². The largest absolute Gasteiger partial charge is 0.451 e. The maximum Gasteiger partial charge on any atom is 0.323 e. The third-order valence-electron chi connectivity index (χ3n) is 1.63. The summed E-state index contributed by atoms with van der Waals surface area (Å²) < 4.78 is 4.81. The summed E-state index contributed by atoms with van der Waals surface area (Å²) in [6.07, 6.45) is -0.0967. The Balaban J connectivity index is 2.40. The van der Waals surface area contributed by atoms with E-state index >= 15 is 0 Å². The van der Waals surface area contributed by atoms with Gasteiger partial charge in [-0.25, -0.2) is 0 Å². The van der Waals surface area contributed by atoms with Gasteiger partial charge < -0.3 is 15.8 Å². The second kappa shape index (κ2) is 3.53. The molecule has 5 nitrogen and oxygen atoms in total. The second-order valence-electron chi connectivity index (χ2n) is 2.79. The lowest BCUT2D eigenvalue weighted by molar-refractivity contribution is -0.154. The van der Waals surface area contributed by atoms with Crippen LogP contribution in [0.3, 0.4) is 0 Å². The first-order valence-corrected chi connectivity index (χ1v) is 3.85. The van der Waals surface area contributed by atoms with E-state index in [0.717, 1.165) is 0 Å². The Bertz CT molecular complexity index is 203. The van der Waals surface area contributed by atoms with Crippen LogP contribution in [0.2, 0.25) is 0 Å². The van der Waals surface area contributed by atoms with Crippen molar-refractivity contribution in [3.05, 3.63) is 0 Å². The van der Waals surface area contributed by atoms with Crippen LogP contribution in [-0.2, 0) is 14.3 Å². The molecule has 0 aliphatic carbocycles. The molecular formula is C7H12N2O3. The first-order chi connectivity index (χ1) is 5.61. The summed E-state index contributed by atoms with van der Waals surface area (Å²) in [5.74, 6) is -0.763. The van der Waals surface area contributed by atoms with E-state index in [4.69, 9.17) is 10.5 Å². The molecule has 1 aliphatic heterocycles. The van der Waals surface area contributed by atoms with Gasteiger partial charge in [-0.05, 0) is 6.92 Å². The average Bonchev–Trinajstić information content (AvgIpc) is 2.36. The summed E-state index contributed by atoms with van der Waals surface area (Å²) in [4.78, 5) is 21.8. The van der Waals surface area contributed by atoms with Crippen LogP contribution in [0.25, 0.3) is 0 Å². The summed E-state index contributed by atoms with van der Waals surface area (Å²) in [7, 11) is 0. The van der Waals surface area contributed by atoms with Gasteiger partial charge >= 0.3 is 5.97 Å². The van der Waals surface area contributed by atoms with E-state index < -0.39 is 18.1 Å². The standard InChI is InChI=1S/C7H12N2O3/c1-4(8)7(11)12-5-2-3-9-6(5)10/h4-5H,2-3,8H2,1H3,(H,9,10)/t4?,5-/m0/s1. The van der Waals surface area contributed by atoms with Crippen LogP contribution in [0.5, 0.6) is 0 Å². The van der Waals surface area contributed by atoms with Gasteiger partial charge in [-0.15, -0.1) is 0 Å². The number of ether oxygens (including phenoxy) is 1. The van der Waals surface area contributed by atoms with E-state index in [1.54, 1.807) is 0 Å². The minimum absolute atomic E-state index is 0.232. The van der Waals surface area contributed by atoms with Gasteiger partial charge in [0.1, 0.15) is 6.04 Å². The van der Waals surface area contributed by atoms with Crippen LogP contribution in [0.1, 0.15) is 13.3 Å². The molecule has 1 unspecified atom stereocenters. The summed E-state index contributed by atoms with van der Waals surface area (Å²) in [5.41, 5.74) is 5.25. The number of nitrogens with two attached hydrogens (primary N) is 1. The van der Waals surface area contributed by atoms with Gasteiger partial charge in [-0.1, -0.05) is 0 Å². The minimum atomic E-state index is -0.668. The average molecular weight is 172 g/mol. The van der Waals surface area contributed by atoms with Gasteiger partial charge in [0.15, 0.2) is 6.10 Å². The summed E-state index contributed by atoms with van der Waals surface area (Å²) >= 11 is 0. The van der Waals surface area contributed by atoms with E-state index in [-0.39, 0.29) is 5.91 Å². The monoisotopic (exact) mass is 172 g/mol. The van der Waals surface area contributed by atoms with E-state index in [2.05, 4.69) is 5.32 Å². The Morgan fingerprint density at radius 2 is 2.50 bits per heavy atom. The molecule has 0 radical (unpaired) electrons. The molecule has 0 aromatic rings. The molecule has 12 heavy (non-hydrogen) atoms. The highest BCUT2D eigenvalue weighted by Gasteiger charge is 2.28. The number of hydrogen-bond donors (Lipinski definition) is 2. The zero-order valence-electron chi connectivity index (χ0n) is 6.87. The Kier molecular flexibility index (Phi) is 2.65. The number of esters is 1. The number of carbonyl (C=O) groups excluding carboxylic acids is 2. The molecule has 0 bridgehead atoms. The van der Waals surface area contributed by atoms with Crippen LogP contribution in [0.4, 0.5) is 0 Å². The van der Waals surface area contributed by atoms with Crippen molar-refractivity contribution in [2.24, 2.45) is 5.73 Å². The van der Waals surface area contributed by atoms with Gasteiger partial charge in [0.05, 0.1) is 0 Å². The maximum atomic E-state index is 10.9. The van der Waals surface area contributed by atoms with Crippen LogP contribution < -0.4 is 11.1 Å². The quantitative estimate of drug-likeness (QED) is 0.511. The van der Waals surface area contributed by atoms with E-state index in [0.29, 0.717) is 13.0 Å². The highest BCUT2D eigenvalue weighted by atomic mass is 16.5. The SMILES string of the molecule is CC(N)C(=O)O[C@H]1CCNC1=O. The Morgan fingerprint density at radius 3 is 2.92 bits per heavy atom. The molecule has 1 rings (SSSR count). The number of nitrogens with one attached hydrogen (secondary N) is 1. The molecule has 1 heterocycles. The number of amides is 1. The van der Waals surface area contributed by atoms with Crippen LogP contribution in [-0.4, -0.2) is 30.6 Å². The zero-order chi connectivity index (χ0) is 9.14. The third kappa shape index (κ3) is 1.94. The van der Waals surface area contributed by atoms with Crippen LogP contribution in [0.15, 0.2) is 0 Å². The second-order valence-corrected chi connectivity index (χ2v) is 2.79. The molecule has 0 aromatic carbocycles. The highest BCUT2D eigenvalue weighted by molar-refractivity contribution is 5.86. The van der Waals surface area contributed by atoms with E-state index in [1.165, 1.54) is 6.92 Å². The smallest absolute Gasteiger partial charge is 0.323 e. The van der Waals surface area contributed by atoms with Crippen LogP contribution >= 0.6 is 0 Å². The fourth-order valence-electron chi connectivity index (χ4n) is 0.931. The van der Waals surface area contributed by atoms with Crippen molar-refractivity contribution < 1.29 is 14.3 Å². The maximum absolute atomic E-state index is 10.9. The normalized spacial score (nSPS) is 24.8. The summed E-state index contributed by atoms with van der Waals surface area (Å²) in [6, 6.07) is -0.668. The lowest BCUT2D eigenvalue weighted by atomic mass is 10.3. The molecule has 5 heteroatoms. The zero-order valence-corrected chi connectivity index (χ0v) is 6.87. The molecule has 68 valence electrons. The van der Waals surface area contributed by atoms with Crippen molar-refractivity contribution in [2.45, 2.75) is 25.5 Å². The van der Waals surface area contributed by atoms with Crippen LogP contribution in [0, 0.1) is 0 Å². The number of rotatable bonds is 2. The first kappa shape index (κ1) is 8.99. The molecule has 1 fully saturated rings. The first-order valence-electron chi connectivity index (χ1n) is 3.85. The lowest BCUT2D eigenvalue weighted by Crippen LogP contribution is -2.35.